The van der Waals surface area contributed by atoms with E-state index in [-0.39, 0.29) is 0 Å². The van der Waals surface area contributed by atoms with Gasteiger partial charge in [0.2, 0.25) is 0 Å². The molecule has 1 N–H and O–H groups in total. The number of rotatable bonds is 4. The minimum absolute atomic E-state index is 0.680. The van der Waals surface area contributed by atoms with Crippen LogP contribution in [-0.4, -0.2) is 7.05 Å². The van der Waals surface area contributed by atoms with Crippen LogP contribution in [0.3, 0.4) is 0 Å². The lowest BCUT2D eigenvalue weighted by atomic mass is 10.1. The first kappa shape index (κ1) is 13.9. The van der Waals surface area contributed by atoms with Crippen molar-refractivity contribution in [3.8, 4) is 11.5 Å². The van der Waals surface area contributed by atoms with Crippen molar-refractivity contribution in [2.24, 2.45) is 0 Å². The molecule has 0 unspecified atom stereocenters. The van der Waals surface area contributed by atoms with Gasteiger partial charge in [-0.3, -0.25) is 0 Å². The molecule has 2 nitrogen and oxygen atoms in total. The highest BCUT2D eigenvalue weighted by Gasteiger charge is 2.09. The van der Waals surface area contributed by atoms with Crippen LogP contribution in [0.4, 0.5) is 0 Å². The predicted octanol–water partition coefficient (Wildman–Crippen LogP) is 4.47. The highest BCUT2D eigenvalue weighted by atomic mass is 35.5. The van der Waals surface area contributed by atoms with Gasteiger partial charge < -0.3 is 10.1 Å². The molecule has 0 atom stereocenters. The predicted molar refractivity (Wildman–Crippen MR) is 80.2 cm³/mol. The van der Waals surface area contributed by atoms with Crippen LogP contribution < -0.4 is 10.1 Å². The fraction of sp³-hybridized carbons (Fsp3) is 0.250. The average Bonchev–Trinajstić information content (AvgIpc) is 2.38. The van der Waals surface area contributed by atoms with Gasteiger partial charge in [-0.15, -0.1) is 0 Å². The molecule has 0 saturated carbocycles. The highest BCUT2D eigenvalue weighted by molar-refractivity contribution is 6.31. The number of aryl methyl sites for hydroxylation is 2. The SMILES string of the molecule is CNCc1c(Cl)cccc1Oc1cc(C)ccc1C. The summed E-state index contributed by atoms with van der Waals surface area (Å²) in [5.41, 5.74) is 3.27. The molecule has 2 aromatic rings. The highest BCUT2D eigenvalue weighted by Crippen LogP contribution is 2.32. The molecule has 19 heavy (non-hydrogen) atoms. The van der Waals surface area contributed by atoms with Gasteiger partial charge >= 0.3 is 0 Å². The zero-order chi connectivity index (χ0) is 13.8. The van der Waals surface area contributed by atoms with E-state index in [4.69, 9.17) is 16.3 Å². The summed E-state index contributed by atoms with van der Waals surface area (Å²) in [6, 6.07) is 11.9. The van der Waals surface area contributed by atoms with Gasteiger partial charge in [-0.1, -0.05) is 29.8 Å². The van der Waals surface area contributed by atoms with E-state index in [0.29, 0.717) is 6.54 Å². The van der Waals surface area contributed by atoms with Crippen LogP contribution >= 0.6 is 11.6 Å². The summed E-state index contributed by atoms with van der Waals surface area (Å²) < 4.78 is 6.03. The van der Waals surface area contributed by atoms with E-state index in [1.807, 2.05) is 38.2 Å². The Labute approximate surface area is 119 Å². The van der Waals surface area contributed by atoms with E-state index in [2.05, 4.69) is 24.4 Å². The summed E-state index contributed by atoms with van der Waals surface area (Å²) in [5, 5.41) is 3.83. The maximum atomic E-state index is 6.23. The first-order chi connectivity index (χ1) is 9.11. The second-order valence-corrected chi connectivity index (χ2v) is 5.03. The van der Waals surface area contributed by atoms with Crippen molar-refractivity contribution in [3.63, 3.8) is 0 Å². The molecule has 100 valence electrons. The fourth-order valence-electron chi connectivity index (χ4n) is 1.92. The maximum Gasteiger partial charge on any atom is 0.133 e. The Morgan fingerprint density at radius 1 is 1.11 bits per heavy atom. The third kappa shape index (κ3) is 3.28. The molecule has 0 fully saturated rings. The van der Waals surface area contributed by atoms with Gasteiger partial charge in [0, 0.05) is 17.1 Å². The molecular weight excluding hydrogens is 258 g/mol. The van der Waals surface area contributed by atoms with Gasteiger partial charge in [-0.2, -0.15) is 0 Å². The largest absolute Gasteiger partial charge is 0.457 e. The normalized spacial score (nSPS) is 10.5. The Morgan fingerprint density at radius 2 is 1.89 bits per heavy atom. The minimum atomic E-state index is 0.680. The molecule has 3 heteroatoms. The Kier molecular flexibility index (Phi) is 4.46. The van der Waals surface area contributed by atoms with Gasteiger partial charge in [0.15, 0.2) is 0 Å². The number of nitrogens with one attached hydrogen (secondary N) is 1. The van der Waals surface area contributed by atoms with Gasteiger partial charge in [0.05, 0.1) is 0 Å². The van der Waals surface area contributed by atoms with Crippen LogP contribution in [0.15, 0.2) is 36.4 Å². The summed E-state index contributed by atoms with van der Waals surface area (Å²) in [7, 11) is 1.89. The molecule has 0 radical (unpaired) electrons. The van der Waals surface area contributed by atoms with Gasteiger partial charge in [0.1, 0.15) is 11.5 Å². The van der Waals surface area contributed by atoms with E-state index in [1.54, 1.807) is 0 Å². The van der Waals surface area contributed by atoms with Crippen LogP contribution in [-0.2, 0) is 6.54 Å². The smallest absolute Gasteiger partial charge is 0.133 e. The molecule has 0 amide bonds. The van der Waals surface area contributed by atoms with Crippen LogP contribution in [0.25, 0.3) is 0 Å². The fourth-order valence-corrected chi connectivity index (χ4v) is 2.15. The van der Waals surface area contributed by atoms with E-state index < -0.39 is 0 Å². The summed E-state index contributed by atoms with van der Waals surface area (Å²) in [6.45, 7) is 4.77. The van der Waals surface area contributed by atoms with Gasteiger partial charge in [0.25, 0.3) is 0 Å². The lowest BCUT2D eigenvalue weighted by Crippen LogP contribution is -2.07. The number of halogens is 1. The van der Waals surface area contributed by atoms with Crippen molar-refractivity contribution in [1.82, 2.24) is 5.32 Å². The molecule has 2 aromatic carbocycles. The number of ether oxygens (including phenoxy) is 1. The summed E-state index contributed by atoms with van der Waals surface area (Å²) in [4.78, 5) is 0. The van der Waals surface area contributed by atoms with E-state index in [0.717, 1.165) is 27.6 Å². The minimum Gasteiger partial charge on any atom is -0.457 e. The Balaban J connectivity index is 2.37. The molecular formula is C16H18ClNO. The summed E-state index contributed by atoms with van der Waals surface area (Å²) in [5.74, 6) is 1.68. The molecule has 0 bridgehead atoms. The molecule has 0 heterocycles. The zero-order valence-electron chi connectivity index (χ0n) is 11.5. The van der Waals surface area contributed by atoms with Crippen molar-refractivity contribution in [1.29, 1.82) is 0 Å². The first-order valence-electron chi connectivity index (χ1n) is 6.29. The van der Waals surface area contributed by atoms with Crippen molar-refractivity contribution < 1.29 is 4.74 Å². The van der Waals surface area contributed by atoms with Crippen molar-refractivity contribution in [2.45, 2.75) is 20.4 Å². The maximum absolute atomic E-state index is 6.23. The standard InChI is InChI=1S/C16H18ClNO/c1-11-7-8-12(2)16(9-11)19-15-6-4-5-14(17)13(15)10-18-3/h4-9,18H,10H2,1-3H3. The van der Waals surface area contributed by atoms with Crippen LogP contribution in [0.5, 0.6) is 11.5 Å². The van der Waals surface area contributed by atoms with Crippen LogP contribution in [0, 0.1) is 13.8 Å². The zero-order valence-corrected chi connectivity index (χ0v) is 12.2. The summed E-state index contributed by atoms with van der Waals surface area (Å²) >= 11 is 6.23. The molecule has 0 aromatic heterocycles. The quantitative estimate of drug-likeness (QED) is 0.889. The van der Waals surface area contributed by atoms with E-state index >= 15 is 0 Å². The van der Waals surface area contributed by atoms with Gasteiger partial charge in [-0.05, 0) is 50.2 Å². The molecule has 0 aliphatic rings. The first-order valence-corrected chi connectivity index (χ1v) is 6.66. The third-order valence-electron chi connectivity index (χ3n) is 2.99. The van der Waals surface area contributed by atoms with Crippen molar-refractivity contribution >= 4 is 11.6 Å². The molecule has 0 aliphatic heterocycles. The monoisotopic (exact) mass is 275 g/mol. The van der Waals surface area contributed by atoms with E-state index in [9.17, 15) is 0 Å². The topological polar surface area (TPSA) is 21.3 Å². The Bertz CT molecular complexity index is 581. The summed E-state index contributed by atoms with van der Waals surface area (Å²) in [6.07, 6.45) is 0. The molecule has 0 spiro atoms. The Hall–Kier alpha value is -1.51. The lowest BCUT2D eigenvalue weighted by Gasteiger charge is -2.14. The van der Waals surface area contributed by atoms with Crippen LogP contribution in [0.1, 0.15) is 16.7 Å². The average molecular weight is 276 g/mol. The molecule has 0 aliphatic carbocycles. The third-order valence-corrected chi connectivity index (χ3v) is 3.35. The molecule has 2 rings (SSSR count). The second-order valence-electron chi connectivity index (χ2n) is 4.62. The van der Waals surface area contributed by atoms with Crippen LogP contribution in [0.2, 0.25) is 5.02 Å². The lowest BCUT2D eigenvalue weighted by molar-refractivity contribution is 0.470. The van der Waals surface area contributed by atoms with E-state index in [1.165, 1.54) is 5.56 Å². The van der Waals surface area contributed by atoms with Crippen molar-refractivity contribution in [2.75, 3.05) is 7.05 Å². The number of hydrogen-bond donors (Lipinski definition) is 1. The molecule has 0 saturated heterocycles. The second kappa shape index (κ2) is 6.09. The number of benzene rings is 2. The van der Waals surface area contributed by atoms with Crippen molar-refractivity contribution in [3.05, 3.63) is 58.1 Å². The Morgan fingerprint density at radius 3 is 2.63 bits per heavy atom. The van der Waals surface area contributed by atoms with Gasteiger partial charge in [-0.25, -0.2) is 0 Å². The number of hydrogen-bond acceptors (Lipinski definition) is 2.